The largest absolute Gasteiger partial charge is 0.298 e. The van der Waals surface area contributed by atoms with Gasteiger partial charge in [0.2, 0.25) is 0 Å². The van der Waals surface area contributed by atoms with Gasteiger partial charge < -0.3 is 0 Å². The molecule has 2 aromatic rings. The Morgan fingerprint density at radius 2 is 2.09 bits per heavy atom. The molecule has 0 radical (unpaired) electrons. The van der Waals surface area contributed by atoms with Crippen LogP contribution in [0.15, 0.2) is 29.1 Å². The molecular formula is C16H17ClN4O. The fourth-order valence-corrected chi connectivity index (χ4v) is 2.96. The second-order valence-corrected chi connectivity index (χ2v) is 5.96. The molecule has 22 heavy (non-hydrogen) atoms. The lowest BCUT2D eigenvalue weighted by atomic mass is 10.1. The summed E-state index contributed by atoms with van der Waals surface area (Å²) in [5.74, 6) is 0. The summed E-state index contributed by atoms with van der Waals surface area (Å²) in [7, 11) is 0. The first-order valence-electron chi connectivity index (χ1n) is 7.31. The van der Waals surface area contributed by atoms with Gasteiger partial charge in [0, 0.05) is 30.2 Å². The van der Waals surface area contributed by atoms with E-state index in [4.69, 9.17) is 16.9 Å². The number of aryl methyl sites for hydroxylation is 1. The third-order valence-corrected chi connectivity index (χ3v) is 4.22. The van der Waals surface area contributed by atoms with Crippen molar-refractivity contribution in [3.8, 4) is 6.07 Å². The summed E-state index contributed by atoms with van der Waals surface area (Å²) in [6.07, 6.45) is 1.09. The lowest BCUT2D eigenvalue weighted by Gasteiger charge is -2.25. The average molecular weight is 317 g/mol. The summed E-state index contributed by atoms with van der Waals surface area (Å²) >= 11 is 5.90. The van der Waals surface area contributed by atoms with E-state index in [-0.39, 0.29) is 5.56 Å². The molecule has 0 saturated heterocycles. The number of aromatic amines is 1. The van der Waals surface area contributed by atoms with Crippen LogP contribution in [0.3, 0.4) is 0 Å². The van der Waals surface area contributed by atoms with E-state index in [1.165, 1.54) is 5.56 Å². The average Bonchev–Trinajstić information content (AvgIpc) is 2.83. The van der Waals surface area contributed by atoms with Crippen LogP contribution in [0.1, 0.15) is 23.2 Å². The van der Waals surface area contributed by atoms with E-state index in [0.29, 0.717) is 13.0 Å². The highest BCUT2D eigenvalue weighted by Gasteiger charge is 2.22. The Kier molecular flexibility index (Phi) is 4.32. The number of nitriles is 1. The number of benzene rings is 1. The Bertz CT molecular complexity index is 754. The van der Waals surface area contributed by atoms with Crippen LogP contribution in [0.2, 0.25) is 5.02 Å². The molecule has 6 heteroatoms. The van der Waals surface area contributed by atoms with Gasteiger partial charge in [0.1, 0.15) is 0 Å². The zero-order chi connectivity index (χ0) is 15.5. The van der Waals surface area contributed by atoms with E-state index in [0.717, 1.165) is 42.3 Å². The molecule has 114 valence electrons. The molecule has 1 aromatic carbocycles. The van der Waals surface area contributed by atoms with Crippen LogP contribution >= 0.6 is 11.6 Å². The summed E-state index contributed by atoms with van der Waals surface area (Å²) in [4.78, 5) is 14.5. The summed E-state index contributed by atoms with van der Waals surface area (Å²) < 4.78 is 1.56. The Hall–Kier alpha value is -2.03. The molecule has 3 rings (SSSR count). The smallest absolute Gasteiger partial charge is 0.270 e. The third kappa shape index (κ3) is 3.08. The van der Waals surface area contributed by atoms with Crippen molar-refractivity contribution in [3.63, 3.8) is 0 Å². The van der Waals surface area contributed by atoms with E-state index in [2.05, 4.69) is 16.1 Å². The van der Waals surface area contributed by atoms with Gasteiger partial charge in [0.05, 0.1) is 24.7 Å². The summed E-state index contributed by atoms with van der Waals surface area (Å²) in [6, 6.07) is 9.91. The number of hydrogen-bond donors (Lipinski definition) is 1. The van der Waals surface area contributed by atoms with Gasteiger partial charge in [0.25, 0.3) is 5.56 Å². The maximum Gasteiger partial charge on any atom is 0.270 e. The summed E-state index contributed by atoms with van der Waals surface area (Å²) in [5, 5.41) is 12.5. The molecule has 0 amide bonds. The Labute approximate surface area is 133 Å². The van der Waals surface area contributed by atoms with E-state index >= 15 is 0 Å². The zero-order valence-corrected chi connectivity index (χ0v) is 12.9. The van der Waals surface area contributed by atoms with Crippen LogP contribution in [0.25, 0.3) is 0 Å². The van der Waals surface area contributed by atoms with Crippen LogP contribution in [-0.2, 0) is 26.1 Å². The van der Waals surface area contributed by atoms with Crippen molar-refractivity contribution < 1.29 is 0 Å². The Balaban J connectivity index is 1.72. The van der Waals surface area contributed by atoms with Crippen molar-refractivity contribution in [1.29, 1.82) is 5.26 Å². The number of H-pyrrole nitrogens is 1. The summed E-state index contributed by atoms with van der Waals surface area (Å²) in [6.45, 7) is 2.86. The van der Waals surface area contributed by atoms with Gasteiger partial charge in [-0.25, -0.2) is 0 Å². The highest BCUT2D eigenvalue weighted by atomic mass is 35.5. The lowest BCUT2D eigenvalue weighted by molar-refractivity contribution is 0.242. The normalized spacial score (nSPS) is 14.5. The number of hydrogen-bond acceptors (Lipinski definition) is 3. The van der Waals surface area contributed by atoms with Gasteiger partial charge in [-0.2, -0.15) is 5.26 Å². The number of nitrogens with zero attached hydrogens (tertiary/aromatic N) is 3. The number of nitrogens with one attached hydrogen (secondary N) is 1. The topological polar surface area (TPSA) is 64.8 Å². The van der Waals surface area contributed by atoms with Crippen molar-refractivity contribution in [1.82, 2.24) is 14.7 Å². The molecule has 1 aromatic heterocycles. The highest BCUT2D eigenvalue weighted by Crippen LogP contribution is 2.18. The van der Waals surface area contributed by atoms with Gasteiger partial charge in [-0.1, -0.05) is 23.7 Å². The lowest BCUT2D eigenvalue weighted by Crippen LogP contribution is -2.31. The van der Waals surface area contributed by atoms with Gasteiger partial charge in [-0.3, -0.25) is 19.5 Å². The SMILES string of the molecule is N#CCCn1[nH]c2c(c1=O)CCN(Cc1ccc(Cl)cc1)C2. The first-order valence-corrected chi connectivity index (χ1v) is 7.69. The van der Waals surface area contributed by atoms with E-state index in [1.807, 2.05) is 24.3 Å². The van der Waals surface area contributed by atoms with Crippen LogP contribution < -0.4 is 5.56 Å². The molecule has 0 bridgehead atoms. The van der Waals surface area contributed by atoms with Gasteiger partial charge in [-0.15, -0.1) is 0 Å². The van der Waals surface area contributed by atoms with Crippen molar-refractivity contribution in [2.24, 2.45) is 0 Å². The minimum absolute atomic E-state index is 0.0244. The third-order valence-electron chi connectivity index (χ3n) is 3.96. The molecule has 0 spiro atoms. The number of rotatable bonds is 4. The first-order chi connectivity index (χ1) is 10.7. The van der Waals surface area contributed by atoms with E-state index in [1.54, 1.807) is 4.68 Å². The number of fused-ring (bicyclic) bond motifs is 1. The fourth-order valence-electron chi connectivity index (χ4n) is 2.84. The molecule has 1 N–H and O–H groups in total. The molecular weight excluding hydrogens is 300 g/mol. The van der Waals surface area contributed by atoms with Crippen LogP contribution in [0.5, 0.6) is 0 Å². The van der Waals surface area contributed by atoms with E-state index in [9.17, 15) is 4.79 Å². The van der Waals surface area contributed by atoms with Gasteiger partial charge in [0.15, 0.2) is 0 Å². The molecule has 2 heterocycles. The zero-order valence-electron chi connectivity index (χ0n) is 12.2. The predicted molar refractivity (Wildman–Crippen MR) is 84.6 cm³/mol. The molecule has 0 atom stereocenters. The van der Waals surface area contributed by atoms with Crippen molar-refractivity contribution >= 4 is 11.6 Å². The van der Waals surface area contributed by atoms with Gasteiger partial charge >= 0.3 is 0 Å². The standard InChI is InChI=1S/C16H17ClN4O/c17-13-4-2-12(3-5-13)10-20-9-6-14-15(11-20)19-21(16(14)22)8-1-7-18/h2-5,19H,1,6,8-11H2. The minimum atomic E-state index is 0.0244. The first kappa shape index (κ1) is 14.9. The molecule has 0 saturated carbocycles. The van der Waals surface area contributed by atoms with Crippen molar-refractivity contribution in [3.05, 3.63) is 56.5 Å². The monoisotopic (exact) mass is 316 g/mol. The molecule has 1 aliphatic rings. The van der Waals surface area contributed by atoms with Crippen LogP contribution in [-0.4, -0.2) is 21.2 Å². The maximum absolute atomic E-state index is 12.2. The molecule has 0 fully saturated rings. The second kappa shape index (κ2) is 6.39. The quantitative estimate of drug-likeness (QED) is 0.941. The van der Waals surface area contributed by atoms with Crippen LogP contribution in [0, 0.1) is 11.3 Å². The van der Waals surface area contributed by atoms with E-state index < -0.39 is 0 Å². The van der Waals surface area contributed by atoms with Crippen molar-refractivity contribution in [2.75, 3.05) is 6.54 Å². The summed E-state index contributed by atoms with van der Waals surface area (Å²) in [5.41, 5.74) is 3.07. The minimum Gasteiger partial charge on any atom is -0.298 e. The predicted octanol–water partition coefficient (Wildman–Crippen LogP) is 2.30. The highest BCUT2D eigenvalue weighted by molar-refractivity contribution is 6.30. The molecule has 0 unspecified atom stereocenters. The molecule has 0 aliphatic carbocycles. The number of aromatic nitrogens is 2. The Morgan fingerprint density at radius 3 is 2.82 bits per heavy atom. The maximum atomic E-state index is 12.2. The van der Waals surface area contributed by atoms with Crippen LogP contribution in [0.4, 0.5) is 0 Å². The second-order valence-electron chi connectivity index (χ2n) is 5.52. The van der Waals surface area contributed by atoms with Gasteiger partial charge in [-0.05, 0) is 24.1 Å². The Morgan fingerprint density at radius 1 is 1.32 bits per heavy atom. The fraction of sp³-hybridized carbons (Fsp3) is 0.375. The number of halogens is 1. The molecule has 5 nitrogen and oxygen atoms in total. The van der Waals surface area contributed by atoms with Crippen molar-refractivity contribution in [2.45, 2.75) is 32.5 Å². The molecule has 1 aliphatic heterocycles.